The number of amides is 3. The Labute approximate surface area is 207 Å². The van der Waals surface area contributed by atoms with Crippen molar-refractivity contribution in [3.8, 4) is 0 Å². The Bertz CT molecular complexity index is 866. The number of piperazine rings is 1. The summed E-state index contributed by atoms with van der Waals surface area (Å²) in [6, 6.07) is 4.53. The van der Waals surface area contributed by atoms with E-state index in [2.05, 4.69) is 0 Å². The van der Waals surface area contributed by atoms with Gasteiger partial charge in [0.1, 0.15) is 11.4 Å². The van der Waals surface area contributed by atoms with Crippen LogP contribution in [0.2, 0.25) is 5.02 Å². The summed E-state index contributed by atoms with van der Waals surface area (Å²) >= 11 is 5.99. The van der Waals surface area contributed by atoms with Gasteiger partial charge in [0.05, 0.1) is 5.02 Å². The van der Waals surface area contributed by atoms with Gasteiger partial charge in [0.25, 0.3) is 0 Å². The number of hydrogen-bond acceptors (Lipinski definition) is 4. The molecule has 0 radical (unpaired) electrons. The van der Waals surface area contributed by atoms with Crippen LogP contribution in [0.15, 0.2) is 18.2 Å². The smallest absolute Gasteiger partial charge is 0.410 e. The van der Waals surface area contributed by atoms with Crippen molar-refractivity contribution in [1.82, 2.24) is 14.7 Å². The number of hydrogen-bond donors (Lipinski definition) is 0. The van der Waals surface area contributed by atoms with Crippen LogP contribution in [0.4, 0.5) is 9.18 Å². The molecule has 1 aromatic carbocycles. The molecule has 34 heavy (non-hydrogen) atoms. The first-order valence-corrected chi connectivity index (χ1v) is 12.2. The standard InChI is InChI=1S/C25H37ClFN3O4/c1-6-19(28(5)21(31)12-10-18-8-7-9-20(27)23(18)26)11-13-22(32)29-14-16-30(17-15-29)24(33)34-25(2,3)4/h7-9,19H,6,10-17H2,1-5H3/t19-/m1/s1. The van der Waals surface area contributed by atoms with Gasteiger partial charge >= 0.3 is 6.09 Å². The van der Waals surface area contributed by atoms with Gasteiger partial charge in [-0.05, 0) is 51.7 Å². The van der Waals surface area contributed by atoms with E-state index in [1.54, 1.807) is 33.9 Å². The maximum absolute atomic E-state index is 13.6. The summed E-state index contributed by atoms with van der Waals surface area (Å²) in [5.41, 5.74) is 0.0591. The van der Waals surface area contributed by atoms with Crippen molar-refractivity contribution < 1.29 is 23.5 Å². The molecule has 1 saturated heterocycles. The summed E-state index contributed by atoms with van der Waals surface area (Å²) in [5, 5.41) is 0.0577. The molecule has 0 bridgehead atoms. The summed E-state index contributed by atoms with van der Waals surface area (Å²) in [6.45, 7) is 9.30. The van der Waals surface area contributed by atoms with Crippen molar-refractivity contribution in [1.29, 1.82) is 0 Å². The Balaban J connectivity index is 1.79. The molecule has 0 unspecified atom stereocenters. The number of aryl methyl sites for hydroxylation is 1. The molecule has 3 amide bonds. The monoisotopic (exact) mass is 497 g/mol. The second-order valence-electron chi connectivity index (χ2n) is 9.67. The molecular formula is C25H37ClFN3O4. The van der Waals surface area contributed by atoms with E-state index < -0.39 is 11.4 Å². The Morgan fingerprint density at radius 2 is 1.74 bits per heavy atom. The molecule has 1 heterocycles. The van der Waals surface area contributed by atoms with Gasteiger partial charge in [-0.15, -0.1) is 0 Å². The molecule has 7 nitrogen and oxygen atoms in total. The topological polar surface area (TPSA) is 70.2 Å². The summed E-state index contributed by atoms with van der Waals surface area (Å²) < 4.78 is 19.0. The molecule has 190 valence electrons. The molecule has 1 fully saturated rings. The fourth-order valence-electron chi connectivity index (χ4n) is 3.95. The van der Waals surface area contributed by atoms with Crippen LogP contribution in [0, 0.1) is 5.82 Å². The SMILES string of the molecule is CC[C@H](CCC(=O)N1CCN(C(=O)OC(C)(C)C)CC1)N(C)C(=O)CCc1cccc(F)c1Cl. The lowest BCUT2D eigenvalue weighted by atomic mass is 10.0. The van der Waals surface area contributed by atoms with Crippen LogP contribution in [0.5, 0.6) is 0 Å². The van der Waals surface area contributed by atoms with Gasteiger partial charge in [-0.2, -0.15) is 0 Å². The van der Waals surface area contributed by atoms with Crippen molar-refractivity contribution in [2.24, 2.45) is 0 Å². The predicted octanol–water partition coefficient (Wildman–Crippen LogP) is 4.51. The van der Waals surface area contributed by atoms with Crippen LogP contribution in [-0.4, -0.2) is 77.5 Å². The molecule has 2 rings (SSSR count). The number of nitrogens with zero attached hydrogens (tertiary/aromatic N) is 3. The highest BCUT2D eigenvalue weighted by Crippen LogP contribution is 2.22. The van der Waals surface area contributed by atoms with Crippen molar-refractivity contribution >= 4 is 29.5 Å². The summed E-state index contributed by atoms with van der Waals surface area (Å²) in [7, 11) is 1.74. The molecular weight excluding hydrogens is 461 g/mol. The van der Waals surface area contributed by atoms with Gasteiger partial charge in [0, 0.05) is 52.1 Å². The Hall–Kier alpha value is -2.35. The van der Waals surface area contributed by atoms with Crippen LogP contribution in [-0.2, 0) is 20.7 Å². The van der Waals surface area contributed by atoms with E-state index in [1.165, 1.54) is 6.07 Å². The molecule has 9 heteroatoms. The van der Waals surface area contributed by atoms with Crippen molar-refractivity contribution in [2.75, 3.05) is 33.2 Å². The predicted molar refractivity (Wildman–Crippen MR) is 130 cm³/mol. The zero-order valence-electron chi connectivity index (χ0n) is 20.9. The van der Waals surface area contributed by atoms with E-state index in [0.29, 0.717) is 51.0 Å². The molecule has 1 aliphatic heterocycles. The minimum Gasteiger partial charge on any atom is -0.444 e. The lowest BCUT2D eigenvalue weighted by Gasteiger charge is -2.36. The molecule has 1 aliphatic rings. The Morgan fingerprint density at radius 3 is 2.32 bits per heavy atom. The van der Waals surface area contributed by atoms with Gasteiger partial charge in [0.15, 0.2) is 0 Å². The number of carbonyl (C=O) groups is 3. The summed E-state index contributed by atoms with van der Waals surface area (Å²) in [6.07, 6.45) is 1.84. The molecule has 1 atom stereocenters. The third kappa shape index (κ3) is 8.15. The molecule has 0 N–H and O–H groups in total. The average molecular weight is 498 g/mol. The fourth-order valence-corrected chi connectivity index (χ4v) is 4.17. The van der Waals surface area contributed by atoms with Crippen LogP contribution in [0.3, 0.4) is 0 Å². The van der Waals surface area contributed by atoms with E-state index in [-0.39, 0.29) is 35.4 Å². The molecule has 0 spiro atoms. The second kappa shape index (κ2) is 12.4. The average Bonchev–Trinajstić information content (AvgIpc) is 2.78. The van der Waals surface area contributed by atoms with Crippen molar-refractivity contribution in [2.45, 2.75) is 71.4 Å². The highest BCUT2D eigenvalue weighted by Gasteiger charge is 2.28. The number of rotatable bonds is 8. The number of benzene rings is 1. The first-order chi connectivity index (χ1) is 15.9. The van der Waals surface area contributed by atoms with Crippen LogP contribution >= 0.6 is 11.6 Å². The van der Waals surface area contributed by atoms with Crippen LogP contribution in [0.25, 0.3) is 0 Å². The van der Waals surface area contributed by atoms with Crippen molar-refractivity contribution in [3.05, 3.63) is 34.6 Å². The summed E-state index contributed by atoms with van der Waals surface area (Å²) in [4.78, 5) is 42.7. The van der Waals surface area contributed by atoms with E-state index in [4.69, 9.17) is 16.3 Å². The Morgan fingerprint density at radius 1 is 1.12 bits per heavy atom. The lowest BCUT2D eigenvalue weighted by molar-refractivity contribution is -0.135. The van der Waals surface area contributed by atoms with Crippen LogP contribution in [0.1, 0.15) is 58.9 Å². The van der Waals surface area contributed by atoms with Crippen LogP contribution < -0.4 is 0 Å². The van der Waals surface area contributed by atoms with Gasteiger partial charge in [-0.25, -0.2) is 9.18 Å². The van der Waals surface area contributed by atoms with E-state index in [9.17, 15) is 18.8 Å². The van der Waals surface area contributed by atoms with Gasteiger partial charge in [-0.1, -0.05) is 30.7 Å². The quantitative estimate of drug-likeness (QED) is 0.530. The first-order valence-electron chi connectivity index (χ1n) is 11.9. The third-order valence-corrected chi connectivity index (χ3v) is 6.45. The number of halogens is 2. The second-order valence-corrected chi connectivity index (χ2v) is 10.0. The van der Waals surface area contributed by atoms with E-state index in [0.717, 1.165) is 6.42 Å². The maximum atomic E-state index is 13.6. The maximum Gasteiger partial charge on any atom is 0.410 e. The minimum atomic E-state index is -0.549. The zero-order valence-corrected chi connectivity index (χ0v) is 21.7. The van der Waals surface area contributed by atoms with Gasteiger partial charge in [-0.3, -0.25) is 9.59 Å². The first kappa shape index (κ1) is 27.9. The molecule has 0 saturated carbocycles. The lowest BCUT2D eigenvalue weighted by Crippen LogP contribution is -2.51. The van der Waals surface area contributed by atoms with E-state index in [1.807, 2.05) is 27.7 Å². The summed E-state index contributed by atoms with van der Waals surface area (Å²) in [5.74, 6) is -0.530. The third-order valence-electron chi connectivity index (χ3n) is 6.03. The van der Waals surface area contributed by atoms with E-state index >= 15 is 0 Å². The highest BCUT2D eigenvalue weighted by molar-refractivity contribution is 6.31. The van der Waals surface area contributed by atoms with Gasteiger partial charge < -0.3 is 19.4 Å². The number of ether oxygens (including phenoxy) is 1. The molecule has 1 aromatic rings. The molecule has 0 aliphatic carbocycles. The zero-order chi connectivity index (χ0) is 25.5. The van der Waals surface area contributed by atoms with Gasteiger partial charge in [0.2, 0.25) is 11.8 Å². The minimum absolute atomic E-state index is 0.0229. The molecule has 0 aromatic heterocycles. The largest absolute Gasteiger partial charge is 0.444 e. The normalized spacial score (nSPS) is 15.1. The fraction of sp³-hybridized carbons (Fsp3) is 0.640. The Kier molecular flexibility index (Phi) is 10.2. The number of carbonyl (C=O) groups excluding carboxylic acids is 3. The highest BCUT2D eigenvalue weighted by atomic mass is 35.5. The van der Waals surface area contributed by atoms with Crippen molar-refractivity contribution in [3.63, 3.8) is 0 Å².